The summed E-state index contributed by atoms with van der Waals surface area (Å²) in [7, 11) is 1.50. The molecule has 1 aliphatic rings. The molecular weight excluding hydrogens is 753 g/mol. The number of allylic oxidation sites excluding steroid dienone is 5. The molecule has 5 rings (SSSR count). The van der Waals surface area contributed by atoms with Gasteiger partial charge in [0.15, 0.2) is 16.7 Å². The Kier molecular flexibility index (Phi) is 14.5. The summed E-state index contributed by atoms with van der Waals surface area (Å²) in [5.74, 6) is -0.947. The number of rotatable bonds is 15. The third kappa shape index (κ3) is 10.3. The van der Waals surface area contributed by atoms with Crippen molar-refractivity contribution in [3.05, 3.63) is 184 Å². The molecule has 0 unspecified atom stereocenters. The van der Waals surface area contributed by atoms with Crippen LogP contribution >= 0.6 is 35.0 Å². The van der Waals surface area contributed by atoms with E-state index in [9.17, 15) is 14.4 Å². The van der Waals surface area contributed by atoms with Gasteiger partial charge in [0.05, 0.1) is 18.9 Å². The van der Waals surface area contributed by atoms with Crippen molar-refractivity contribution >= 4 is 63.9 Å². The molecule has 0 atom stereocenters. The number of thioether (sulfide) groups is 1. The van der Waals surface area contributed by atoms with Gasteiger partial charge in [-0.2, -0.15) is 4.99 Å². The van der Waals surface area contributed by atoms with Crippen LogP contribution in [-0.4, -0.2) is 40.7 Å². The lowest BCUT2D eigenvalue weighted by Gasteiger charge is -2.28. The Morgan fingerprint density at radius 2 is 1.65 bits per heavy atom. The molecule has 280 valence electrons. The largest absolute Gasteiger partial charge is 0.493 e. The maximum Gasteiger partial charge on any atom is 0.285 e. The van der Waals surface area contributed by atoms with Crippen molar-refractivity contribution in [2.45, 2.75) is 26.0 Å². The number of aliphatic imine (C=N–C) groups is 1. The minimum Gasteiger partial charge on any atom is -0.493 e. The molecular formula is C44H39Cl2N3O5S. The Bertz CT molecular complexity index is 2160. The second kappa shape index (κ2) is 19.6. The SMILES string of the molecule is C=C/C=C\C(=C/C)N1C(=O)/C(=C/c2cc(CC=C)c(OCc3ccc(Cl)cc3Cl)c(OC)c2)C(=O)N=C1SCC(=O)NC(c1ccccc1)c1ccccc1. The van der Waals surface area contributed by atoms with Gasteiger partial charge in [0, 0.05) is 26.9 Å². The van der Waals surface area contributed by atoms with Crippen LogP contribution in [0.15, 0.2) is 151 Å². The zero-order valence-corrected chi connectivity index (χ0v) is 32.7. The lowest BCUT2D eigenvalue weighted by molar-refractivity contribution is -0.126. The summed E-state index contributed by atoms with van der Waals surface area (Å²) >= 11 is 13.4. The minimum absolute atomic E-state index is 0.0645. The van der Waals surface area contributed by atoms with Gasteiger partial charge in [-0.15, -0.1) is 6.58 Å². The highest BCUT2D eigenvalue weighted by Gasteiger charge is 2.35. The number of nitrogens with one attached hydrogen (secondary N) is 1. The molecule has 11 heteroatoms. The van der Waals surface area contributed by atoms with Gasteiger partial charge in [0.25, 0.3) is 11.8 Å². The first kappa shape index (κ1) is 40.6. The minimum atomic E-state index is -0.749. The first-order valence-electron chi connectivity index (χ1n) is 17.2. The molecule has 0 aliphatic carbocycles. The van der Waals surface area contributed by atoms with E-state index in [4.69, 9.17) is 32.7 Å². The predicted octanol–water partition coefficient (Wildman–Crippen LogP) is 9.70. The average Bonchev–Trinajstić information content (AvgIpc) is 3.19. The van der Waals surface area contributed by atoms with Crippen molar-refractivity contribution in [2.24, 2.45) is 4.99 Å². The number of hydrogen-bond acceptors (Lipinski definition) is 6. The molecule has 1 aliphatic heterocycles. The Balaban J connectivity index is 1.45. The van der Waals surface area contributed by atoms with Crippen LogP contribution in [0.2, 0.25) is 10.0 Å². The predicted molar refractivity (Wildman–Crippen MR) is 223 cm³/mol. The first-order valence-corrected chi connectivity index (χ1v) is 19.0. The van der Waals surface area contributed by atoms with Gasteiger partial charge < -0.3 is 14.8 Å². The van der Waals surface area contributed by atoms with Crippen molar-refractivity contribution in [1.29, 1.82) is 0 Å². The normalized spacial score (nSPS) is 14.0. The monoisotopic (exact) mass is 791 g/mol. The Morgan fingerprint density at radius 3 is 2.25 bits per heavy atom. The third-order valence-electron chi connectivity index (χ3n) is 8.35. The third-order valence-corrected chi connectivity index (χ3v) is 9.87. The maximum absolute atomic E-state index is 14.3. The molecule has 0 fully saturated rings. The average molecular weight is 793 g/mol. The van der Waals surface area contributed by atoms with E-state index in [-0.39, 0.29) is 29.0 Å². The summed E-state index contributed by atoms with van der Waals surface area (Å²) in [4.78, 5) is 47.1. The molecule has 0 saturated heterocycles. The van der Waals surface area contributed by atoms with Crippen LogP contribution in [-0.2, 0) is 27.4 Å². The van der Waals surface area contributed by atoms with E-state index in [1.54, 1.807) is 67.6 Å². The quantitative estimate of drug-likeness (QED) is 0.0558. The highest BCUT2D eigenvalue weighted by molar-refractivity contribution is 8.14. The van der Waals surface area contributed by atoms with E-state index in [1.807, 2.05) is 60.7 Å². The van der Waals surface area contributed by atoms with Crippen LogP contribution in [0.4, 0.5) is 0 Å². The molecule has 4 aromatic rings. The number of carbonyl (C=O) groups excluding carboxylic acids is 3. The van der Waals surface area contributed by atoms with Gasteiger partial charge >= 0.3 is 0 Å². The van der Waals surface area contributed by atoms with E-state index in [2.05, 4.69) is 23.5 Å². The second-order valence-corrected chi connectivity index (χ2v) is 13.8. The first-order chi connectivity index (χ1) is 26.7. The standard InChI is InChI=1S/C44H39Cl2N3O5S/c1-5-8-20-35(7-3)49-43(52)36(24-29-23-32(15-6-2)41(38(25-29)53-4)54-27-33-21-22-34(45)26-37(33)46)42(51)48-44(49)55-28-39(50)47-40(30-16-11-9-12-17-30)31-18-13-10-14-19-31/h5-14,16-26,40H,1-2,15,27-28H2,3-4H3,(H,47,50)/b20-8-,35-7+,36-24+. The molecule has 0 aromatic heterocycles. The second-order valence-electron chi connectivity index (χ2n) is 12.0. The number of amides is 3. The van der Waals surface area contributed by atoms with Crippen molar-refractivity contribution in [3.63, 3.8) is 0 Å². The van der Waals surface area contributed by atoms with Crippen molar-refractivity contribution < 1.29 is 23.9 Å². The van der Waals surface area contributed by atoms with Crippen LogP contribution in [0, 0.1) is 0 Å². The molecule has 55 heavy (non-hydrogen) atoms. The number of ether oxygens (including phenoxy) is 2. The number of halogens is 2. The number of hydrogen-bond donors (Lipinski definition) is 1. The lowest BCUT2D eigenvalue weighted by Crippen LogP contribution is -2.42. The number of nitrogens with zero attached hydrogens (tertiary/aromatic N) is 2. The number of methoxy groups -OCH3 is 1. The van der Waals surface area contributed by atoms with Gasteiger partial charge in [-0.3, -0.25) is 19.3 Å². The van der Waals surface area contributed by atoms with Crippen LogP contribution in [0.3, 0.4) is 0 Å². The van der Waals surface area contributed by atoms with Gasteiger partial charge in [-0.25, -0.2) is 0 Å². The molecule has 8 nitrogen and oxygen atoms in total. The van der Waals surface area contributed by atoms with E-state index < -0.39 is 17.9 Å². The molecule has 0 bridgehead atoms. The summed E-state index contributed by atoms with van der Waals surface area (Å²) in [5.41, 5.74) is 4.02. The van der Waals surface area contributed by atoms with Crippen molar-refractivity contribution in [3.8, 4) is 11.5 Å². The van der Waals surface area contributed by atoms with Crippen LogP contribution in [0.25, 0.3) is 6.08 Å². The van der Waals surface area contributed by atoms with E-state index in [1.165, 1.54) is 18.1 Å². The number of benzene rings is 4. The molecule has 1 heterocycles. The Labute approximate surface area is 335 Å². The van der Waals surface area contributed by atoms with Gasteiger partial charge in [0.1, 0.15) is 12.2 Å². The topological polar surface area (TPSA) is 97.3 Å². The summed E-state index contributed by atoms with van der Waals surface area (Å²) < 4.78 is 11.9. The molecule has 4 aromatic carbocycles. The van der Waals surface area contributed by atoms with E-state index in [0.717, 1.165) is 28.5 Å². The van der Waals surface area contributed by atoms with E-state index in [0.29, 0.717) is 44.8 Å². The molecule has 0 radical (unpaired) electrons. The summed E-state index contributed by atoms with van der Waals surface area (Å²) in [6.07, 6.45) is 10.2. The molecule has 3 amide bonds. The zero-order chi connectivity index (χ0) is 39.3. The van der Waals surface area contributed by atoms with E-state index >= 15 is 0 Å². The number of amidine groups is 1. The van der Waals surface area contributed by atoms with Crippen LogP contribution in [0.5, 0.6) is 11.5 Å². The van der Waals surface area contributed by atoms with Crippen molar-refractivity contribution in [1.82, 2.24) is 10.2 Å². The van der Waals surface area contributed by atoms with Crippen LogP contribution < -0.4 is 14.8 Å². The molecule has 0 saturated carbocycles. The fraction of sp³-hybridized carbons (Fsp3) is 0.136. The maximum atomic E-state index is 14.3. The summed E-state index contributed by atoms with van der Waals surface area (Å²) in [6.45, 7) is 9.52. The molecule has 0 spiro atoms. The summed E-state index contributed by atoms with van der Waals surface area (Å²) in [5, 5.41) is 4.14. The molecule has 1 N–H and O–H groups in total. The van der Waals surface area contributed by atoms with Crippen molar-refractivity contribution in [2.75, 3.05) is 12.9 Å². The van der Waals surface area contributed by atoms with Gasteiger partial charge in [0.2, 0.25) is 5.91 Å². The highest BCUT2D eigenvalue weighted by Crippen LogP contribution is 2.36. The Morgan fingerprint density at radius 1 is 0.964 bits per heavy atom. The Hall–Kier alpha value is -5.61. The smallest absolute Gasteiger partial charge is 0.285 e. The number of carbonyl (C=O) groups is 3. The van der Waals surface area contributed by atoms with Gasteiger partial charge in [-0.05, 0) is 66.5 Å². The lowest BCUT2D eigenvalue weighted by atomic mass is 9.99. The fourth-order valence-electron chi connectivity index (χ4n) is 5.74. The zero-order valence-electron chi connectivity index (χ0n) is 30.3. The van der Waals surface area contributed by atoms with Gasteiger partial charge in [-0.1, -0.05) is 133 Å². The highest BCUT2D eigenvalue weighted by atomic mass is 35.5. The van der Waals surface area contributed by atoms with Crippen LogP contribution in [0.1, 0.15) is 40.8 Å². The summed E-state index contributed by atoms with van der Waals surface area (Å²) in [6, 6.07) is 27.5. The fourth-order valence-corrected chi connectivity index (χ4v) is 7.01.